The fraction of sp³-hybridized carbons (Fsp3) is 1.00. The normalized spacial score (nSPS) is 25.0. The van der Waals surface area contributed by atoms with Crippen molar-refractivity contribution in [2.45, 2.75) is 40.0 Å². The quantitative estimate of drug-likeness (QED) is 0.684. The van der Waals surface area contributed by atoms with Gasteiger partial charge in [0.2, 0.25) is 0 Å². The Hall–Kier alpha value is 0.310. The topological polar surface area (TPSA) is 3.24 Å². The molecule has 1 saturated heterocycles. The molecule has 15 heavy (non-hydrogen) atoms. The van der Waals surface area contributed by atoms with Crippen LogP contribution in [-0.4, -0.2) is 30.3 Å². The van der Waals surface area contributed by atoms with E-state index < -0.39 is 0 Å². The van der Waals surface area contributed by atoms with Gasteiger partial charge in [0.15, 0.2) is 0 Å². The van der Waals surface area contributed by atoms with Crippen LogP contribution in [0.15, 0.2) is 0 Å². The van der Waals surface area contributed by atoms with E-state index in [1.165, 1.54) is 38.9 Å². The highest BCUT2D eigenvalue weighted by atomic mass is 32.1. The van der Waals surface area contributed by atoms with Gasteiger partial charge in [0.25, 0.3) is 0 Å². The van der Waals surface area contributed by atoms with Crippen LogP contribution in [0.1, 0.15) is 40.0 Å². The van der Waals surface area contributed by atoms with Crippen molar-refractivity contribution < 1.29 is 0 Å². The number of rotatable bonds is 6. The van der Waals surface area contributed by atoms with Crippen LogP contribution in [0, 0.1) is 17.8 Å². The van der Waals surface area contributed by atoms with Gasteiger partial charge in [0.05, 0.1) is 0 Å². The Kier molecular flexibility index (Phi) is 6.06. The van der Waals surface area contributed by atoms with E-state index >= 15 is 0 Å². The number of likely N-dealkylation sites (tertiary alicyclic amines) is 1. The third kappa shape index (κ3) is 4.78. The number of nitrogens with zero attached hydrogens (tertiary/aromatic N) is 1. The van der Waals surface area contributed by atoms with Crippen LogP contribution in [-0.2, 0) is 0 Å². The first-order chi connectivity index (χ1) is 7.13. The van der Waals surface area contributed by atoms with Gasteiger partial charge in [0.1, 0.15) is 0 Å². The van der Waals surface area contributed by atoms with E-state index in [9.17, 15) is 0 Å². The van der Waals surface area contributed by atoms with Gasteiger partial charge >= 0.3 is 0 Å². The van der Waals surface area contributed by atoms with Crippen molar-refractivity contribution in [1.82, 2.24) is 4.90 Å². The highest BCUT2D eigenvalue weighted by Gasteiger charge is 2.24. The predicted molar refractivity (Wildman–Crippen MR) is 71.6 cm³/mol. The molecule has 90 valence electrons. The van der Waals surface area contributed by atoms with Gasteiger partial charge in [-0.3, -0.25) is 0 Å². The summed E-state index contributed by atoms with van der Waals surface area (Å²) in [4.78, 5) is 2.65. The highest BCUT2D eigenvalue weighted by molar-refractivity contribution is 7.80. The lowest BCUT2D eigenvalue weighted by molar-refractivity contribution is 0.281. The van der Waals surface area contributed by atoms with Crippen LogP contribution in [0.5, 0.6) is 0 Å². The molecule has 1 heterocycles. The highest BCUT2D eigenvalue weighted by Crippen LogP contribution is 2.24. The Labute approximate surface area is 101 Å². The zero-order valence-corrected chi connectivity index (χ0v) is 11.5. The first kappa shape index (κ1) is 13.4. The summed E-state index contributed by atoms with van der Waals surface area (Å²) >= 11 is 4.29. The molecule has 0 spiro atoms. The fourth-order valence-electron chi connectivity index (χ4n) is 2.38. The molecule has 2 atom stereocenters. The lowest BCUT2D eigenvalue weighted by atomic mass is 9.95. The monoisotopic (exact) mass is 229 g/mol. The molecule has 0 aromatic rings. The molecule has 0 aromatic carbocycles. The van der Waals surface area contributed by atoms with Crippen molar-refractivity contribution in [3.05, 3.63) is 0 Å². The molecule has 1 aliphatic rings. The molecule has 0 aliphatic carbocycles. The number of thiol groups is 1. The minimum absolute atomic E-state index is 0.848. The molecule has 2 heteroatoms. The first-order valence-corrected chi connectivity index (χ1v) is 7.10. The smallest absolute Gasteiger partial charge is 0.00126 e. The molecule has 0 amide bonds. The van der Waals surface area contributed by atoms with Crippen molar-refractivity contribution >= 4 is 12.6 Å². The summed E-state index contributed by atoms with van der Waals surface area (Å²) in [7, 11) is 0. The average molecular weight is 229 g/mol. The van der Waals surface area contributed by atoms with E-state index in [1.54, 1.807) is 0 Å². The van der Waals surface area contributed by atoms with E-state index in [4.69, 9.17) is 0 Å². The summed E-state index contributed by atoms with van der Waals surface area (Å²) in [5.74, 6) is 3.70. The summed E-state index contributed by atoms with van der Waals surface area (Å²) in [6.45, 7) is 11.0. The van der Waals surface area contributed by atoms with Crippen LogP contribution in [0.2, 0.25) is 0 Å². The molecule has 2 unspecified atom stereocenters. The largest absolute Gasteiger partial charge is 0.303 e. The van der Waals surface area contributed by atoms with Crippen molar-refractivity contribution in [3.63, 3.8) is 0 Å². The van der Waals surface area contributed by atoms with Crippen LogP contribution in [0.4, 0.5) is 0 Å². The second-order valence-corrected chi connectivity index (χ2v) is 5.95. The van der Waals surface area contributed by atoms with Crippen LogP contribution in [0.3, 0.4) is 0 Å². The fourth-order valence-corrected chi connectivity index (χ4v) is 2.82. The lowest BCUT2D eigenvalue weighted by Crippen LogP contribution is -2.24. The van der Waals surface area contributed by atoms with E-state index in [0.29, 0.717) is 0 Å². The summed E-state index contributed by atoms with van der Waals surface area (Å²) in [6, 6.07) is 0. The van der Waals surface area contributed by atoms with Gasteiger partial charge in [-0.25, -0.2) is 0 Å². The standard InChI is InChI=1S/C13H27NS/c1-11(2)13-5-8-14(10-13)7-4-12(3)6-9-15/h11-13,15H,4-10H2,1-3H3. The molecule has 1 nitrogen and oxygen atoms in total. The van der Waals surface area contributed by atoms with Gasteiger partial charge < -0.3 is 4.90 Å². The Balaban J connectivity index is 2.13. The second kappa shape index (κ2) is 6.80. The molecular weight excluding hydrogens is 202 g/mol. The molecule has 0 radical (unpaired) electrons. The maximum absolute atomic E-state index is 4.29. The minimum atomic E-state index is 0.848. The number of hydrogen-bond donors (Lipinski definition) is 1. The van der Waals surface area contributed by atoms with Crippen molar-refractivity contribution in [3.8, 4) is 0 Å². The molecule has 1 fully saturated rings. The summed E-state index contributed by atoms with van der Waals surface area (Å²) in [5, 5.41) is 0. The predicted octanol–water partition coefficient (Wildman–Crippen LogP) is 3.31. The minimum Gasteiger partial charge on any atom is -0.303 e. The van der Waals surface area contributed by atoms with E-state index in [-0.39, 0.29) is 0 Å². The third-order valence-corrected chi connectivity index (χ3v) is 4.07. The molecule has 0 saturated carbocycles. The van der Waals surface area contributed by atoms with E-state index in [2.05, 4.69) is 38.3 Å². The summed E-state index contributed by atoms with van der Waals surface area (Å²) in [5.41, 5.74) is 0. The molecule has 1 aliphatic heterocycles. The SMILES string of the molecule is CC(CCS)CCN1CCC(C(C)C)C1. The van der Waals surface area contributed by atoms with Crippen LogP contribution < -0.4 is 0 Å². The molecule has 0 bridgehead atoms. The van der Waals surface area contributed by atoms with Crippen molar-refractivity contribution in [2.75, 3.05) is 25.4 Å². The number of hydrogen-bond acceptors (Lipinski definition) is 2. The van der Waals surface area contributed by atoms with Gasteiger partial charge in [-0.2, -0.15) is 12.6 Å². The maximum Gasteiger partial charge on any atom is 0.00126 e. The Morgan fingerprint density at radius 1 is 1.27 bits per heavy atom. The van der Waals surface area contributed by atoms with Crippen LogP contribution in [0.25, 0.3) is 0 Å². The summed E-state index contributed by atoms with van der Waals surface area (Å²) < 4.78 is 0. The van der Waals surface area contributed by atoms with Gasteiger partial charge in [0, 0.05) is 6.54 Å². The Morgan fingerprint density at radius 3 is 2.53 bits per heavy atom. The van der Waals surface area contributed by atoms with Gasteiger partial charge in [-0.1, -0.05) is 20.8 Å². The van der Waals surface area contributed by atoms with Crippen molar-refractivity contribution in [2.24, 2.45) is 17.8 Å². The van der Waals surface area contributed by atoms with Gasteiger partial charge in [-0.15, -0.1) is 0 Å². The van der Waals surface area contributed by atoms with E-state index in [1.807, 2.05) is 0 Å². The van der Waals surface area contributed by atoms with Crippen LogP contribution >= 0.6 is 12.6 Å². The molecule has 0 aromatic heterocycles. The zero-order valence-electron chi connectivity index (χ0n) is 10.6. The maximum atomic E-state index is 4.29. The Bertz CT molecular complexity index is 170. The van der Waals surface area contributed by atoms with Gasteiger partial charge in [-0.05, 0) is 55.9 Å². The van der Waals surface area contributed by atoms with Crippen molar-refractivity contribution in [1.29, 1.82) is 0 Å². The second-order valence-electron chi connectivity index (χ2n) is 5.50. The molecule has 0 N–H and O–H groups in total. The molecule has 1 rings (SSSR count). The van der Waals surface area contributed by atoms with E-state index in [0.717, 1.165) is 23.5 Å². The molecular formula is C13H27NS. The lowest BCUT2D eigenvalue weighted by Gasteiger charge is -2.19. The zero-order chi connectivity index (χ0) is 11.3. The average Bonchev–Trinajstić information content (AvgIpc) is 2.63. The Morgan fingerprint density at radius 2 is 2.00 bits per heavy atom. The first-order valence-electron chi connectivity index (χ1n) is 6.46. The third-order valence-electron chi connectivity index (χ3n) is 3.81. The summed E-state index contributed by atoms with van der Waals surface area (Å²) in [6.07, 6.45) is 4.04.